The van der Waals surface area contributed by atoms with Crippen molar-refractivity contribution in [2.75, 3.05) is 19.8 Å². The van der Waals surface area contributed by atoms with Crippen LogP contribution in [0.2, 0.25) is 0 Å². The Labute approximate surface area is 155 Å². The van der Waals surface area contributed by atoms with Crippen LogP contribution in [-0.2, 0) is 4.74 Å². The molecule has 1 aliphatic heterocycles. The molecule has 1 N–H and O–H groups in total. The van der Waals surface area contributed by atoms with Crippen molar-refractivity contribution in [3.05, 3.63) is 65.2 Å². The van der Waals surface area contributed by atoms with Crippen LogP contribution in [0.25, 0.3) is 0 Å². The molecule has 2 aromatic rings. The van der Waals surface area contributed by atoms with Crippen LogP contribution >= 0.6 is 0 Å². The lowest BCUT2D eigenvalue weighted by atomic mass is 9.89. The number of hydrogen-bond donors (Lipinski definition) is 1. The van der Waals surface area contributed by atoms with Crippen LogP contribution in [0, 0.1) is 12.8 Å². The first-order valence-electron chi connectivity index (χ1n) is 9.37. The Kier molecular flexibility index (Phi) is 6.29. The van der Waals surface area contributed by atoms with Crippen molar-refractivity contribution in [1.29, 1.82) is 0 Å². The van der Waals surface area contributed by atoms with Gasteiger partial charge in [0.05, 0.1) is 12.7 Å². The lowest BCUT2D eigenvalue weighted by Gasteiger charge is -2.32. The zero-order valence-corrected chi connectivity index (χ0v) is 15.5. The Morgan fingerprint density at radius 3 is 2.77 bits per heavy atom. The second-order valence-corrected chi connectivity index (χ2v) is 6.73. The summed E-state index contributed by atoms with van der Waals surface area (Å²) in [6.45, 7) is 5.93. The van der Waals surface area contributed by atoms with Gasteiger partial charge in [-0.1, -0.05) is 30.3 Å². The molecule has 1 fully saturated rings. The van der Waals surface area contributed by atoms with Gasteiger partial charge in [-0.25, -0.2) is 0 Å². The predicted octanol–water partition coefficient (Wildman–Crippen LogP) is 4.29. The molecule has 26 heavy (non-hydrogen) atoms. The van der Waals surface area contributed by atoms with E-state index >= 15 is 0 Å². The minimum absolute atomic E-state index is 0.0477. The van der Waals surface area contributed by atoms with Crippen molar-refractivity contribution in [3.8, 4) is 5.75 Å². The third kappa shape index (κ3) is 4.44. The van der Waals surface area contributed by atoms with E-state index in [1.807, 2.05) is 50.2 Å². The Balaban J connectivity index is 1.63. The second-order valence-electron chi connectivity index (χ2n) is 6.73. The van der Waals surface area contributed by atoms with Gasteiger partial charge in [0.2, 0.25) is 0 Å². The standard InChI is InChI=1S/C22H27NO3/c1-3-25-20-12-11-18(14-16(20)2)22(24)23-15-19-10-7-13-26-21(19)17-8-5-4-6-9-17/h4-6,8-9,11-12,14,19,21H,3,7,10,13,15H2,1-2H3,(H,23,24). The van der Waals surface area contributed by atoms with Gasteiger partial charge in [-0.3, -0.25) is 4.79 Å². The topological polar surface area (TPSA) is 47.6 Å². The van der Waals surface area contributed by atoms with Crippen LogP contribution in [-0.4, -0.2) is 25.7 Å². The first kappa shape index (κ1) is 18.5. The third-order valence-electron chi connectivity index (χ3n) is 4.83. The highest BCUT2D eigenvalue weighted by Gasteiger charge is 2.27. The molecule has 3 rings (SSSR count). The van der Waals surface area contributed by atoms with Gasteiger partial charge in [-0.05, 0) is 56.0 Å². The Hall–Kier alpha value is -2.33. The minimum atomic E-state index is -0.0477. The quantitative estimate of drug-likeness (QED) is 0.843. The molecule has 138 valence electrons. The molecule has 0 aromatic heterocycles. The van der Waals surface area contributed by atoms with E-state index in [-0.39, 0.29) is 12.0 Å². The average molecular weight is 353 g/mol. The summed E-state index contributed by atoms with van der Waals surface area (Å²) in [5.74, 6) is 1.07. The fraction of sp³-hybridized carbons (Fsp3) is 0.409. The first-order valence-corrected chi connectivity index (χ1v) is 9.37. The number of aryl methyl sites for hydroxylation is 1. The fourth-order valence-corrected chi connectivity index (χ4v) is 3.50. The summed E-state index contributed by atoms with van der Waals surface area (Å²) < 4.78 is 11.5. The van der Waals surface area contributed by atoms with Gasteiger partial charge in [-0.15, -0.1) is 0 Å². The highest BCUT2D eigenvalue weighted by molar-refractivity contribution is 5.94. The molecule has 1 aliphatic rings. The van der Waals surface area contributed by atoms with Gasteiger partial charge in [0.1, 0.15) is 5.75 Å². The maximum Gasteiger partial charge on any atom is 0.251 e. The van der Waals surface area contributed by atoms with Gasteiger partial charge in [0, 0.05) is 24.6 Å². The van der Waals surface area contributed by atoms with Crippen molar-refractivity contribution >= 4 is 5.91 Å². The number of carbonyl (C=O) groups is 1. The Morgan fingerprint density at radius 1 is 1.23 bits per heavy atom. The van der Waals surface area contributed by atoms with Crippen LogP contribution in [0.15, 0.2) is 48.5 Å². The number of rotatable bonds is 6. The summed E-state index contributed by atoms with van der Waals surface area (Å²) in [7, 11) is 0. The van der Waals surface area contributed by atoms with Crippen molar-refractivity contribution in [2.24, 2.45) is 5.92 Å². The normalized spacial score (nSPS) is 19.8. The van der Waals surface area contributed by atoms with E-state index < -0.39 is 0 Å². The second kappa shape index (κ2) is 8.86. The van der Waals surface area contributed by atoms with Crippen LogP contribution < -0.4 is 10.1 Å². The number of hydrogen-bond acceptors (Lipinski definition) is 3. The van der Waals surface area contributed by atoms with E-state index in [4.69, 9.17) is 9.47 Å². The molecule has 1 heterocycles. The SMILES string of the molecule is CCOc1ccc(C(=O)NCC2CCCOC2c2ccccc2)cc1C. The predicted molar refractivity (Wildman–Crippen MR) is 103 cm³/mol. The number of amides is 1. The van der Waals surface area contributed by atoms with Crippen molar-refractivity contribution in [1.82, 2.24) is 5.32 Å². The summed E-state index contributed by atoms with van der Waals surface area (Å²) in [6, 6.07) is 15.8. The third-order valence-corrected chi connectivity index (χ3v) is 4.83. The van der Waals surface area contributed by atoms with Crippen LogP contribution in [0.4, 0.5) is 0 Å². The van der Waals surface area contributed by atoms with Crippen molar-refractivity contribution in [3.63, 3.8) is 0 Å². The molecule has 0 saturated carbocycles. The van der Waals surface area contributed by atoms with Gasteiger partial charge in [0.15, 0.2) is 0 Å². The molecule has 0 bridgehead atoms. The summed E-state index contributed by atoms with van der Waals surface area (Å²) in [5, 5.41) is 3.09. The van der Waals surface area contributed by atoms with Crippen molar-refractivity contribution < 1.29 is 14.3 Å². The molecule has 4 heteroatoms. The number of benzene rings is 2. The molecular weight excluding hydrogens is 326 g/mol. The lowest BCUT2D eigenvalue weighted by molar-refractivity contribution is -0.0272. The Bertz CT molecular complexity index is 729. The van der Waals surface area contributed by atoms with E-state index in [0.717, 1.165) is 30.8 Å². The van der Waals surface area contributed by atoms with E-state index in [1.54, 1.807) is 0 Å². The average Bonchev–Trinajstić information content (AvgIpc) is 2.68. The summed E-state index contributed by atoms with van der Waals surface area (Å²) in [5.41, 5.74) is 2.82. The number of carbonyl (C=O) groups excluding carboxylic acids is 1. The van der Waals surface area contributed by atoms with E-state index in [0.29, 0.717) is 24.6 Å². The van der Waals surface area contributed by atoms with Crippen LogP contribution in [0.5, 0.6) is 5.75 Å². The van der Waals surface area contributed by atoms with Gasteiger partial charge >= 0.3 is 0 Å². The first-order chi connectivity index (χ1) is 12.7. The molecule has 1 amide bonds. The highest BCUT2D eigenvalue weighted by Crippen LogP contribution is 2.33. The molecule has 0 spiro atoms. The highest BCUT2D eigenvalue weighted by atomic mass is 16.5. The zero-order chi connectivity index (χ0) is 18.4. The maximum absolute atomic E-state index is 12.6. The number of nitrogens with one attached hydrogen (secondary N) is 1. The minimum Gasteiger partial charge on any atom is -0.494 e. The molecule has 2 atom stereocenters. The molecule has 4 nitrogen and oxygen atoms in total. The zero-order valence-electron chi connectivity index (χ0n) is 15.5. The molecule has 1 saturated heterocycles. The summed E-state index contributed by atoms with van der Waals surface area (Å²) >= 11 is 0. The summed E-state index contributed by atoms with van der Waals surface area (Å²) in [4.78, 5) is 12.6. The molecule has 2 aromatic carbocycles. The smallest absolute Gasteiger partial charge is 0.251 e. The van der Waals surface area contributed by atoms with Gasteiger partial charge < -0.3 is 14.8 Å². The monoisotopic (exact) mass is 353 g/mol. The fourth-order valence-electron chi connectivity index (χ4n) is 3.50. The van der Waals surface area contributed by atoms with Gasteiger partial charge in [-0.2, -0.15) is 0 Å². The molecule has 2 unspecified atom stereocenters. The molecular formula is C22H27NO3. The molecule has 0 radical (unpaired) electrons. The van der Waals surface area contributed by atoms with E-state index in [2.05, 4.69) is 17.4 Å². The van der Waals surface area contributed by atoms with E-state index in [1.165, 1.54) is 5.56 Å². The molecule has 0 aliphatic carbocycles. The van der Waals surface area contributed by atoms with Crippen LogP contribution in [0.3, 0.4) is 0 Å². The van der Waals surface area contributed by atoms with Crippen LogP contribution in [0.1, 0.15) is 47.4 Å². The van der Waals surface area contributed by atoms with E-state index in [9.17, 15) is 4.79 Å². The lowest BCUT2D eigenvalue weighted by Crippen LogP contribution is -2.35. The van der Waals surface area contributed by atoms with Crippen molar-refractivity contribution in [2.45, 2.75) is 32.8 Å². The summed E-state index contributed by atoms with van der Waals surface area (Å²) in [6.07, 6.45) is 2.14. The maximum atomic E-state index is 12.6. The number of ether oxygens (including phenoxy) is 2. The largest absolute Gasteiger partial charge is 0.494 e. The van der Waals surface area contributed by atoms with Gasteiger partial charge in [0.25, 0.3) is 5.91 Å². The Morgan fingerprint density at radius 2 is 2.04 bits per heavy atom.